The first kappa shape index (κ1) is 31.2. The molecule has 2 fully saturated rings. The molecule has 0 spiro atoms. The third-order valence-corrected chi connectivity index (χ3v) is 8.15. The Balaban J connectivity index is 1.84. The van der Waals surface area contributed by atoms with Crippen molar-refractivity contribution in [1.29, 1.82) is 0 Å². The van der Waals surface area contributed by atoms with Gasteiger partial charge in [0.15, 0.2) is 6.29 Å². The molecule has 208 valence electrons. The fourth-order valence-electron chi connectivity index (χ4n) is 4.53. The fourth-order valence-corrected chi connectivity index (χ4v) is 5.82. The summed E-state index contributed by atoms with van der Waals surface area (Å²) in [7, 11) is 0. The van der Waals surface area contributed by atoms with Crippen molar-refractivity contribution in [2.45, 2.75) is 137 Å². The lowest BCUT2D eigenvalue weighted by Crippen LogP contribution is -2.64. The van der Waals surface area contributed by atoms with Gasteiger partial charge in [-0.25, -0.2) is 0 Å². The van der Waals surface area contributed by atoms with Crippen LogP contribution in [0.25, 0.3) is 0 Å². The third-order valence-electron chi connectivity index (χ3n) is 6.79. The van der Waals surface area contributed by atoms with E-state index in [0.29, 0.717) is 0 Å². The predicted molar refractivity (Wildman–Crippen MR) is 131 cm³/mol. The number of hydrogen-bond acceptors (Lipinski definition) is 11. The molecule has 35 heavy (non-hydrogen) atoms. The Kier molecular flexibility index (Phi) is 14.3. The van der Waals surface area contributed by atoms with Crippen molar-refractivity contribution in [1.82, 2.24) is 0 Å². The summed E-state index contributed by atoms with van der Waals surface area (Å²) in [5.41, 5.74) is -0.777. The Morgan fingerprint density at radius 3 is 1.91 bits per heavy atom. The first-order valence-electron chi connectivity index (χ1n) is 13.0. The molecule has 0 amide bonds. The van der Waals surface area contributed by atoms with E-state index >= 15 is 0 Å². The molecule has 2 saturated heterocycles. The van der Waals surface area contributed by atoms with E-state index < -0.39 is 73.8 Å². The van der Waals surface area contributed by atoms with Crippen molar-refractivity contribution in [2.24, 2.45) is 0 Å². The Bertz CT molecular complexity index is 568. The van der Waals surface area contributed by atoms with Gasteiger partial charge in [-0.15, -0.1) is 11.8 Å². The minimum Gasteiger partial charge on any atom is -0.394 e. The van der Waals surface area contributed by atoms with Crippen molar-refractivity contribution in [3.63, 3.8) is 0 Å². The van der Waals surface area contributed by atoms with Gasteiger partial charge in [-0.2, -0.15) is 0 Å². The van der Waals surface area contributed by atoms with Crippen LogP contribution in [0.4, 0.5) is 0 Å². The molecule has 7 N–H and O–H groups in total. The maximum absolute atomic E-state index is 10.7. The number of aliphatic hydroxyl groups is 7. The van der Waals surface area contributed by atoms with Crippen LogP contribution in [-0.2, 0) is 14.2 Å². The summed E-state index contributed by atoms with van der Waals surface area (Å²) in [6, 6.07) is 0. The molecule has 0 aliphatic carbocycles. The van der Waals surface area contributed by atoms with E-state index in [2.05, 4.69) is 6.92 Å². The second-order valence-electron chi connectivity index (χ2n) is 9.71. The van der Waals surface area contributed by atoms with Crippen LogP contribution in [0.1, 0.15) is 71.6 Å². The topological polar surface area (TPSA) is 169 Å². The highest BCUT2D eigenvalue weighted by Crippen LogP contribution is 2.35. The van der Waals surface area contributed by atoms with Crippen LogP contribution in [-0.4, -0.2) is 115 Å². The number of aliphatic hydroxyl groups excluding tert-OH is 7. The predicted octanol–water partition coefficient (Wildman–Crippen LogP) is 0.263. The van der Waals surface area contributed by atoms with E-state index in [1.807, 2.05) is 6.92 Å². The lowest BCUT2D eigenvalue weighted by molar-refractivity contribution is -0.338. The van der Waals surface area contributed by atoms with E-state index in [9.17, 15) is 35.7 Å². The molecule has 0 aromatic carbocycles. The lowest BCUT2D eigenvalue weighted by atomic mass is 9.97. The summed E-state index contributed by atoms with van der Waals surface area (Å²) in [5, 5.41) is 70.9. The van der Waals surface area contributed by atoms with Crippen LogP contribution in [0.15, 0.2) is 0 Å². The standard InChI is InChI=1S/C24H46O10S/c1-3-4-5-6-7-8-9-10-11-14(2)35-24-21(31)19(29)22(16(13-26)33-24)34-23-20(30)18(28)17(27)15(12-25)32-23/h14-31H,3-13H2,1-2H3/t14?,15-,16-,17-,18+,19-,20-,21-,22-,23-,24+/m1/s1. The van der Waals surface area contributed by atoms with Crippen molar-refractivity contribution >= 4 is 11.8 Å². The Morgan fingerprint density at radius 2 is 1.31 bits per heavy atom. The largest absolute Gasteiger partial charge is 0.394 e. The first-order chi connectivity index (χ1) is 16.7. The third kappa shape index (κ3) is 9.03. The number of hydrogen-bond donors (Lipinski definition) is 7. The minimum absolute atomic E-state index is 0.171. The molecule has 2 heterocycles. The van der Waals surface area contributed by atoms with Crippen LogP contribution in [0.5, 0.6) is 0 Å². The van der Waals surface area contributed by atoms with Crippen molar-refractivity contribution < 1.29 is 50.0 Å². The quantitative estimate of drug-likeness (QED) is 0.146. The van der Waals surface area contributed by atoms with Crippen LogP contribution >= 0.6 is 11.8 Å². The molecule has 11 atom stereocenters. The normalized spacial score (nSPS) is 39.0. The van der Waals surface area contributed by atoms with Gasteiger partial charge in [-0.1, -0.05) is 65.2 Å². The first-order valence-corrected chi connectivity index (χ1v) is 13.9. The molecule has 10 nitrogen and oxygen atoms in total. The zero-order valence-electron chi connectivity index (χ0n) is 20.9. The van der Waals surface area contributed by atoms with Crippen molar-refractivity contribution in [2.75, 3.05) is 13.2 Å². The van der Waals surface area contributed by atoms with E-state index in [4.69, 9.17) is 14.2 Å². The zero-order chi connectivity index (χ0) is 26.0. The average Bonchev–Trinajstić information content (AvgIpc) is 2.85. The highest BCUT2D eigenvalue weighted by Gasteiger charge is 2.50. The molecule has 0 aromatic rings. The maximum atomic E-state index is 10.7. The molecule has 0 saturated carbocycles. The van der Waals surface area contributed by atoms with E-state index in [1.165, 1.54) is 50.3 Å². The van der Waals surface area contributed by atoms with Crippen LogP contribution in [0.2, 0.25) is 0 Å². The van der Waals surface area contributed by atoms with Gasteiger partial charge >= 0.3 is 0 Å². The summed E-state index contributed by atoms with van der Waals surface area (Å²) in [6.45, 7) is 3.10. The summed E-state index contributed by atoms with van der Waals surface area (Å²) in [4.78, 5) is 0. The highest BCUT2D eigenvalue weighted by atomic mass is 32.2. The smallest absolute Gasteiger partial charge is 0.187 e. The number of thioether (sulfide) groups is 1. The van der Waals surface area contributed by atoms with Gasteiger partial charge in [0.05, 0.1) is 13.2 Å². The number of unbranched alkanes of at least 4 members (excludes halogenated alkanes) is 7. The molecule has 2 aliphatic heterocycles. The molecular formula is C24H46O10S. The Hall–Kier alpha value is -0.0500. The van der Waals surface area contributed by atoms with Gasteiger partial charge in [0.1, 0.15) is 54.3 Å². The van der Waals surface area contributed by atoms with E-state index in [-0.39, 0.29) is 5.25 Å². The van der Waals surface area contributed by atoms with Crippen molar-refractivity contribution in [3.05, 3.63) is 0 Å². The maximum Gasteiger partial charge on any atom is 0.187 e. The molecule has 11 heteroatoms. The van der Waals surface area contributed by atoms with Crippen molar-refractivity contribution in [3.8, 4) is 0 Å². The Labute approximate surface area is 212 Å². The van der Waals surface area contributed by atoms with Gasteiger partial charge in [0.25, 0.3) is 0 Å². The summed E-state index contributed by atoms with van der Waals surface area (Å²) >= 11 is 1.39. The lowest BCUT2D eigenvalue weighted by Gasteiger charge is -2.46. The minimum atomic E-state index is -1.67. The van der Waals surface area contributed by atoms with Gasteiger partial charge in [-0.05, 0) is 6.42 Å². The van der Waals surface area contributed by atoms with Gasteiger partial charge < -0.3 is 50.0 Å². The molecule has 0 bridgehead atoms. The zero-order valence-corrected chi connectivity index (χ0v) is 21.7. The van der Waals surface area contributed by atoms with Gasteiger partial charge in [-0.3, -0.25) is 0 Å². The van der Waals surface area contributed by atoms with Crippen LogP contribution < -0.4 is 0 Å². The highest BCUT2D eigenvalue weighted by molar-refractivity contribution is 8.00. The average molecular weight is 527 g/mol. The van der Waals surface area contributed by atoms with E-state index in [0.717, 1.165) is 19.3 Å². The SMILES string of the molecule is CCCCCCCCCCC(C)S[C@@H]1O[C@H](CO)[C@@H](O[C@H]2O[C@H](CO)[C@@H](O)[C@H](O)[C@H]2O)[C@H](O)[C@H]1O. The summed E-state index contributed by atoms with van der Waals surface area (Å²) in [5.74, 6) is 0. The summed E-state index contributed by atoms with van der Waals surface area (Å²) in [6.07, 6.45) is -1.87. The number of rotatable bonds is 15. The summed E-state index contributed by atoms with van der Waals surface area (Å²) < 4.78 is 16.8. The number of ether oxygens (including phenoxy) is 3. The monoisotopic (exact) mass is 526 g/mol. The second kappa shape index (κ2) is 16.0. The molecule has 0 radical (unpaired) electrons. The fraction of sp³-hybridized carbons (Fsp3) is 1.00. The van der Waals surface area contributed by atoms with Gasteiger partial charge in [0.2, 0.25) is 0 Å². The molecule has 2 aliphatic rings. The Morgan fingerprint density at radius 1 is 0.714 bits per heavy atom. The van der Waals surface area contributed by atoms with Crippen LogP contribution in [0, 0.1) is 0 Å². The molecule has 1 unspecified atom stereocenters. The van der Waals surface area contributed by atoms with Gasteiger partial charge in [0, 0.05) is 5.25 Å². The molecule has 2 rings (SSSR count). The molecular weight excluding hydrogens is 480 g/mol. The molecule has 0 aromatic heterocycles. The second-order valence-corrected chi connectivity index (χ2v) is 11.3. The van der Waals surface area contributed by atoms with Crippen LogP contribution in [0.3, 0.4) is 0 Å². The van der Waals surface area contributed by atoms with E-state index in [1.54, 1.807) is 0 Å².